The van der Waals surface area contributed by atoms with Crippen molar-refractivity contribution >= 4 is 21.6 Å². The van der Waals surface area contributed by atoms with Gasteiger partial charge in [0.2, 0.25) is 5.75 Å². The van der Waals surface area contributed by atoms with Gasteiger partial charge in [-0.15, -0.1) is 0 Å². The van der Waals surface area contributed by atoms with Crippen molar-refractivity contribution in [1.29, 1.82) is 0 Å². The van der Waals surface area contributed by atoms with Gasteiger partial charge in [-0.25, -0.2) is 0 Å². The van der Waals surface area contributed by atoms with Crippen LogP contribution in [0, 0.1) is 0 Å². The first-order valence-corrected chi connectivity index (χ1v) is 8.24. The summed E-state index contributed by atoms with van der Waals surface area (Å²) in [5.41, 5.74) is 1.70. The second-order valence-corrected chi connectivity index (χ2v) is 6.16. The highest BCUT2D eigenvalue weighted by Crippen LogP contribution is 2.41. The van der Waals surface area contributed by atoms with Crippen molar-refractivity contribution in [2.24, 2.45) is 0 Å². The van der Waals surface area contributed by atoms with Crippen molar-refractivity contribution in [3.8, 4) is 17.2 Å². The van der Waals surface area contributed by atoms with Gasteiger partial charge in [0.05, 0.1) is 27.4 Å². The van der Waals surface area contributed by atoms with Crippen molar-refractivity contribution in [3.05, 3.63) is 46.4 Å². The van der Waals surface area contributed by atoms with Crippen LogP contribution in [0.2, 0.25) is 0 Å². The fourth-order valence-corrected chi connectivity index (χ4v) is 3.05. The smallest absolute Gasteiger partial charge is 0.203 e. The summed E-state index contributed by atoms with van der Waals surface area (Å²) in [5, 5.41) is 10.5. The molecule has 0 bridgehead atoms. The molecule has 0 aliphatic rings. The molecule has 0 heterocycles. The van der Waals surface area contributed by atoms with E-state index in [4.69, 9.17) is 14.2 Å². The number of nitrogens with zero attached hydrogens (tertiary/aromatic N) is 1. The molecule has 1 unspecified atom stereocenters. The minimum Gasteiger partial charge on any atom is -0.493 e. The topological polar surface area (TPSA) is 51.2 Å². The number of hydrogen-bond donors (Lipinski definition) is 1. The average Bonchev–Trinajstić information content (AvgIpc) is 2.60. The van der Waals surface area contributed by atoms with Crippen LogP contribution in [0.4, 0.5) is 5.69 Å². The number of methoxy groups -OCH3 is 3. The lowest BCUT2D eigenvalue weighted by Crippen LogP contribution is -2.24. The molecular weight excluding hydrogens is 374 g/mol. The van der Waals surface area contributed by atoms with Gasteiger partial charge in [-0.3, -0.25) is 0 Å². The third kappa shape index (κ3) is 3.94. The number of halogens is 1. The first-order chi connectivity index (χ1) is 11.5. The molecule has 0 saturated carbocycles. The number of hydrogen-bond acceptors (Lipinski definition) is 5. The Morgan fingerprint density at radius 2 is 1.62 bits per heavy atom. The largest absolute Gasteiger partial charge is 0.493 e. The molecule has 0 aromatic heterocycles. The van der Waals surface area contributed by atoms with E-state index in [-0.39, 0.29) is 0 Å². The summed E-state index contributed by atoms with van der Waals surface area (Å²) in [4.78, 5) is 1.94. The minimum absolute atomic E-state index is 0.418. The molecule has 1 N–H and O–H groups in total. The Bertz CT molecular complexity index is 667. The van der Waals surface area contributed by atoms with Crippen LogP contribution < -0.4 is 19.1 Å². The van der Waals surface area contributed by atoms with Crippen LogP contribution in [-0.4, -0.2) is 40.0 Å². The SMILES string of the molecule is COc1cc(N(C)CC(O)c2ccccc2Br)cc(OC)c1OC. The van der Waals surface area contributed by atoms with Crippen LogP contribution in [0.1, 0.15) is 11.7 Å². The average molecular weight is 396 g/mol. The normalized spacial score (nSPS) is 11.8. The van der Waals surface area contributed by atoms with E-state index < -0.39 is 6.10 Å². The molecule has 5 nitrogen and oxygen atoms in total. The molecule has 0 spiro atoms. The van der Waals surface area contributed by atoms with E-state index in [1.54, 1.807) is 21.3 Å². The van der Waals surface area contributed by atoms with E-state index in [2.05, 4.69) is 15.9 Å². The number of benzene rings is 2. The highest BCUT2D eigenvalue weighted by atomic mass is 79.9. The Morgan fingerprint density at radius 3 is 2.12 bits per heavy atom. The number of ether oxygens (including phenoxy) is 3. The molecule has 0 aliphatic carbocycles. The van der Waals surface area contributed by atoms with Gasteiger partial charge < -0.3 is 24.2 Å². The van der Waals surface area contributed by atoms with E-state index in [0.717, 1.165) is 15.7 Å². The van der Waals surface area contributed by atoms with Gasteiger partial charge in [-0.05, 0) is 11.6 Å². The predicted molar refractivity (Wildman–Crippen MR) is 98.5 cm³/mol. The third-order valence-corrected chi connectivity index (χ3v) is 4.52. The van der Waals surface area contributed by atoms with Crippen LogP contribution >= 0.6 is 15.9 Å². The van der Waals surface area contributed by atoms with E-state index in [1.165, 1.54) is 0 Å². The van der Waals surface area contributed by atoms with Crippen LogP contribution in [0.5, 0.6) is 17.2 Å². The maximum Gasteiger partial charge on any atom is 0.203 e. The summed E-state index contributed by atoms with van der Waals surface area (Å²) in [6, 6.07) is 11.4. The Hall–Kier alpha value is -1.92. The van der Waals surface area contributed by atoms with Gasteiger partial charge >= 0.3 is 0 Å². The number of rotatable bonds is 7. The van der Waals surface area contributed by atoms with E-state index in [0.29, 0.717) is 23.8 Å². The minimum atomic E-state index is -0.635. The maximum absolute atomic E-state index is 10.5. The van der Waals surface area contributed by atoms with Crippen LogP contribution in [-0.2, 0) is 0 Å². The summed E-state index contributed by atoms with van der Waals surface area (Å²) in [5.74, 6) is 1.70. The first-order valence-electron chi connectivity index (χ1n) is 7.45. The Labute approximate surface area is 150 Å². The summed E-state index contributed by atoms with van der Waals surface area (Å²) in [6.07, 6.45) is -0.635. The summed E-state index contributed by atoms with van der Waals surface area (Å²) >= 11 is 3.47. The molecular formula is C18H22BrNO4. The third-order valence-electron chi connectivity index (χ3n) is 3.80. The van der Waals surface area contributed by atoms with Gasteiger partial charge in [0, 0.05) is 35.9 Å². The van der Waals surface area contributed by atoms with Crippen molar-refractivity contribution in [1.82, 2.24) is 0 Å². The van der Waals surface area contributed by atoms with Crippen molar-refractivity contribution in [3.63, 3.8) is 0 Å². The lowest BCUT2D eigenvalue weighted by molar-refractivity contribution is 0.184. The van der Waals surface area contributed by atoms with Crippen LogP contribution in [0.3, 0.4) is 0 Å². The van der Waals surface area contributed by atoms with E-state index in [9.17, 15) is 5.11 Å². The molecule has 2 aromatic rings. The highest BCUT2D eigenvalue weighted by Gasteiger charge is 2.18. The molecule has 2 rings (SSSR count). The zero-order chi connectivity index (χ0) is 17.7. The Morgan fingerprint density at radius 1 is 1.04 bits per heavy atom. The van der Waals surface area contributed by atoms with Gasteiger partial charge in [-0.2, -0.15) is 0 Å². The van der Waals surface area contributed by atoms with Gasteiger partial charge in [0.25, 0.3) is 0 Å². The predicted octanol–water partition coefficient (Wildman–Crippen LogP) is 3.64. The van der Waals surface area contributed by atoms with Gasteiger partial charge in [0.15, 0.2) is 11.5 Å². The monoisotopic (exact) mass is 395 g/mol. The molecule has 0 radical (unpaired) electrons. The lowest BCUT2D eigenvalue weighted by atomic mass is 10.1. The fourth-order valence-electron chi connectivity index (χ4n) is 2.50. The molecule has 0 saturated heterocycles. The number of aliphatic hydroxyl groups excluding tert-OH is 1. The summed E-state index contributed by atoms with van der Waals surface area (Å²) in [7, 11) is 6.63. The highest BCUT2D eigenvalue weighted by molar-refractivity contribution is 9.10. The number of aliphatic hydroxyl groups is 1. The Balaban J connectivity index is 2.26. The quantitative estimate of drug-likeness (QED) is 0.775. The fraction of sp³-hybridized carbons (Fsp3) is 0.333. The standard InChI is InChI=1S/C18H22BrNO4/c1-20(11-15(21)13-7-5-6-8-14(13)19)12-9-16(22-2)18(24-4)17(10-12)23-3/h5-10,15,21H,11H2,1-4H3. The maximum atomic E-state index is 10.5. The number of likely N-dealkylation sites (N-methyl/N-ethyl adjacent to an activating group) is 1. The number of anilines is 1. The molecule has 0 aliphatic heterocycles. The molecule has 6 heteroatoms. The molecule has 2 aromatic carbocycles. The van der Waals surface area contributed by atoms with Gasteiger partial charge in [0.1, 0.15) is 0 Å². The van der Waals surface area contributed by atoms with Crippen molar-refractivity contribution in [2.75, 3.05) is 39.8 Å². The van der Waals surface area contributed by atoms with Crippen LogP contribution in [0.25, 0.3) is 0 Å². The molecule has 130 valence electrons. The van der Waals surface area contributed by atoms with Crippen molar-refractivity contribution < 1.29 is 19.3 Å². The van der Waals surface area contributed by atoms with Gasteiger partial charge in [-0.1, -0.05) is 34.1 Å². The summed E-state index contributed by atoms with van der Waals surface area (Å²) < 4.78 is 17.0. The van der Waals surface area contributed by atoms with Crippen LogP contribution in [0.15, 0.2) is 40.9 Å². The zero-order valence-corrected chi connectivity index (χ0v) is 15.8. The van der Waals surface area contributed by atoms with E-state index in [1.807, 2.05) is 48.3 Å². The second kappa shape index (κ2) is 8.26. The molecule has 0 amide bonds. The lowest BCUT2D eigenvalue weighted by Gasteiger charge is -2.25. The summed E-state index contributed by atoms with van der Waals surface area (Å²) in [6.45, 7) is 0.418. The molecule has 24 heavy (non-hydrogen) atoms. The first kappa shape index (κ1) is 18.4. The Kier molecular flexibility index (Phi) is 6.34. The van der Waals surface area contributed by atoms with Crippen molar-refractivity contribution in [2.45, 2.75) is 6.10 Å². The second-order valence-electron chi connectivity index (χ2n) is 5.30. The zero-order valence-electron chi connectivity index (χ0n) is 14.2. The molecule has 1 atom stereocenters. The molecule has 0 fully saturated rings. The van der Waals surface area contributed by atoms with E-state index >= 15 is 0 Å².